The Morgan fingerprint density at radius 1 is 1.36 bits per heavy atom. The van der Waals surface area contributed by atoms with Crippen LogP contribution in [-0.4, -0.2) is 19.5 Å². The monoisotopic (exact) mass is 188 g/mol. The van der Waals surface area contributed by atoms with E-state index in [1.807, 2.05) is 32.0 Å². The second-order valence-electron chi connectivity index (χ2n) is 2.86. The van der Waals surface area contributed by atoms with Crippen LogP contribution in [-0.2, 0) is 0 Å². The fourth-order valence-electron chi connectivity index (χ4n) is 1.42. The van der Waals surface area contributed by atoms with Crippen LogP contribution in [0.5, 0.6) is 0 Å². The van der Waals surface area contributed by atoms with E-state index in [0.717, 1.165) is 11.9 Å². The quantitative estimate of drug-likeness (QED) is 0.692. The van der Waals surface area contributed by atoms with Gasteiger partial charge in [-0.25, -0.2) is 0 Å². The number of hydrogen-bond acceptors (Lipinski definition) is 2. The average molecular weight is 188 g/mol. The molecule has 1 unspecified atom stereocenters. The summed E-state index contributed by atoms with van der Waals surface area (Å²) < 4.78 is 0. The molecule has 2 rings (SSSR count). The molecule has 0 saturated heterocycles. The van der Waals surface area contributed by atoms with Gasteiger partial charge in [-0.2, -0.15) is 0 Å². The van der Waals surface area contributed by atoms with Gasteiger partial charge in [-0.1, -0.05) is 13.8 Å². The third-order valence-corrected chi connectivity index (χ3v) is 1.97. The second-order valence-corrected chi connectivity index (χ2v) is 2.86. The number of nitrogens with zero attached hydrogens (tertiary/aromatic N) is 1. The molecule has 2 nitrogen and oxygen atoms in total. The van der Waals surface area contributed by atoms with Crippen molar-refractivity contribution in [3.63, 3.8) is 0 Å². The van der Waals surface area contributed by atoms with Gasteiger partial charge in [0.15, 0.2) is 0 Å². The van der Waals surface area contributed by atoms with E-state index in [0.29, 0.717) is 0 Å². The predicted molar refractivity (Wildman–Crippen MR) is 61.0 cm³/mol. The fraction of sp³-hybridized carbons (Fsp3) is 0.455. The standard InChI is InChI=1S/C9H11BN2.C2H6/c1-2-11-9-10-7-5-3-4-6-8(7)12-9;1-2/h3-6,9,11H,2H2,1H3;1-2H3. The summed E-state index contributed by atoms with van der Waals surface area (Å²) in [6.45, 7) is 9.20. The maximum atomic E-state index is 4.47. The summed E-state index contributed by atoms with van der Waals surface area (Å²) >= 11 is 0. The first-order chi connectivity index (χ1) is 6.90. The summed E-state index contributed by atoms with van der Waals surface area (Å²) in [6, 6.07) is 8.38. The third-order valence-electron chi connectivity index (χ3n) is 1.97. The van der Waals surface area contributed by atoms with Gasteiger partial charge in [-0.05, 0) is 0 Å². The van der Waals surface area contributed by atoms with E-state index < -0.39 is 0 Å². The summed E-state index contributed by atoms with van der Waals surface area (Å²) in [7, 11) is 0. The Morgan fingerprint density at radius 3 is 2.71 bits per heavy atom. The zero-order chi connectivity index (χ0) is 10.4. The molecule has 0 saturated carbocycles. The van der Waals surface area contributed by atoms with Crippen molar-refractivity contribution < 1.29 is 0 Å². The molecule has 1 atom stereocenters. The molecule has 0 radical (unpaired) electrons. The maximum absolute atomic E-state index is 4.47. The Labute approximate surface area is 86.0 Å². The van der Waals surface area contributed by atoms with Crippen molar-refractivity contribution in [2.75, 3.05) is 6.54 Å². The van der Waals surface area contributed by atoms with Crippen LogP contribution in [0.3, 0.4) is 0 Å². The molecule has 0 fully saturated rings. The number of para-hydroxylation sites is 1. The summed E-state index contributed by atoms with van der Waals surface area (Å²) in [5.41, 5.74) is 0. The van der Waals surface area contributed by atoms with Gasteiger partial charge in [0.2, 0.25) is 0 Å². The van der Waals surface area contributed by atoms with Crippen molar-refractivity contribution in [3.05, 3.63) is 34.7 Å². The molecule has 0 amide bonds. The molecule has 3 heteroatoms. The van der Waals surface area contributed by atoms with Gasteiger partial charge in [0.25, 0.3) is 0 Å². The zero-order valence-corrected chi connectivity index (χ0v) is 9.12. The number of fused-ring (bicyclic) bond motifs is 1. The molecule has 1 aromatic carbocycles. The van der Waals surface area contributed by atoms with Gasteiger partial charge < -0.3 is 0 Å². The summed E-state index contributed by atoms with van der Waals surface area (Å²) in [4.78, 5) is 4.47. The Balaban J connectivity index is 0.000000461. The Hall–Kier alpha value is -0.955. The van der Waals surface area contributed by atoms with Gasteiger partial charge in [0.05, 0.1) is 0 Å². The van der Waals surface area contributed by atoms with Crippen LogP contribution in [0.2, 0.25) is 0 Å². The number of hydrogen-bond donors (Lipinski definition) is 1. The van der Waals surface area contributed by atoms with Gasteiger partial charge in [-0.15, -0.1) is 0 Å². The Kier molecular flexibility index (Phi) is 4.53. The van der Waals surface area contributed by atoms with Crippen LogP contribution in [0, 0.1) is 5.11 Å². The van der Waals surface area contributed by atoms with E-state index in [1.54, 1.807) is 0 Å². The number of benzene rings is 1. The van der Waals surface area contributed by atoms with E-state index in [9.17, 15) is 0 Å². The molecule has 1 aromatic rings. The molecule has 0 bridgehead atoms. The first-order valence-corrected chi connectivity index (χ1v) is 5.28. The average Bonchev–Trinajstić information content (AvgIpc) is 2.63. The van der Waals surface area contributed by atoms with Crippen LogP contribution in [0.15, 0.2) is 29.3 Å². The first kappa shape index (κ1) is 11.1. The van der Waals surface area contributed by atoms with E-state index in [2.05, 4.69) is 30.2 Å². The SMILES string of the molecule is CC.CCNC1B=c2ccccc2=N1. The van der Waals surface area contributed by atoms with Crippen molar-refractivity contribution >= 4 is 6.92 Å². The van der Waals surface area contributed by atoms with Crippen molar-refractivity contribution in [3.8, 4) is 0 Å². The first-order valence-electron chi connectivity index (χ1n) is 5.28. The minimum absolute atomic E-state index is 0.187. The van der Waals surface area contributed by atoms with Crippen molar-refractivity contribution in [2.24, 2.45) is 4.99 Å². The van der Waals surface area contributed by atoms with Crippen molar-refractivity contribution in [1.82, 2.24) is 5.32 Å². The van der Waals surface area contributed by atoms with E-state index in [1.165, 1.54) is 5.11 Å². The molecular formula is C11H17BN2. The van der Waals surface area contributed by atoms with Crippen LogP contribution in [0.25, 0.3) is 0 Å². The van der Waals surface area contributed by atoms with Crippen molar-refractivity contribution in [1.29, 1.82) is 0 Å². The third kappa shape index (κ3) is 2.52. The normalized spacial score (nSPS) is 16.6. The predicted octanol–water partition coefficient (Wildman–Crippen LogP) is 1.19. The molecule has 14 heavy (non-hydrogen) atoms. The van der Waals surface area contributed by atoms with E-state index >= 15 is 0 Å². The van der Waals surface area contributed by atoms with Crippen LogP contribution in [0.4, 0.5) is 0 Å². The summed E-state index contributed by atoms with van der Waals surface area (Å²) in [5.74, 6) is 0. The van der Waals surface area contributed by atoms with E-state index in [-0.39, 0.29) is 6.07 Å². The minimum atomic E-state index is 0.187. The van der Waals surface area contributed by atoms with E-state index in [4.69, 9.17) is 0 Å². The molecule has 1 aliphatic rings. The topological polar surface area (TPSA) is 24.4 Å². The Morgan fingerprint density at radius 2 is 2.07 bits per heavy atom. The zero-order valence-electron chi connectivity index (χ0n) is 9.12. The van der Waals surface area contributed by atoms with Crippen LogP contribution < -0.4 is 10.7 Å². The van der Waals surface area contributed by atoms with Crippen molar-refractivity contribution in [2.45, 2.75) is 26.8 Å². The molecule has 1 N–H and O–H groups in total. The molecule has 0 aliphatic carbocycles. The molecule has 1 heterocycles. The van der Waals surface area contributed by atoms with Gasteiger partial charge in [0.1, 0.15) is 0 Å². The second kappa shape index (κ2) is 5.71. The summed E-state index contributed by atoms with van der Waals surface area (Å²) in [5, 5.41) is 5.61. The van der Waals surface area contributed by atoms with Crippen LogP contribution >= 0.6 is 0 Å². The number of nitrogens with one attached hydrogen (secondary N) is 1. The fourth-order valence-corrected chi connectivity index (χ4v) is 1.42. The molecule has 0 aromatic heterocycles. The van der Waals surface area contributed by atoms with Gasteiger partial charge >= 0.3 is 71.5 Å². The summed E-state index contributed by atoms with van der Waals surface area (Å²) in [6.07, 6.45) is 0. The van der Waals surface area contributed by atoms with Crippen LogP contribution in [0.1, 0.15) is 20.8 Å². The van der Waals surface area contributed by atoms with Gasteiger partial charge in [0, 0.05) is 0 Å². The number of rotatable bonds is 2. The molecule has 1 aliphatic heterocycles. The molecular weight excluding hydrogens is 171 g/mol. The van der Waals surface area contributed by atoms with Gasteiger partial charge in [-0.3, -0.25) is 0 Å². The molecule has 74 valence electrons. The Bertz CT molecular complexity index is 352. The molecule has 0 spiro atoms.